The fourth-order valence-electron chi connectivity index (χ4n) is 6.02. The van der Waals surface area contributed by atoms with Crippen LogP contribution in [-0.2, 0) is 20.8 Å². The summed E-state index contributed by atoms with van der Waals surface area (Å²) in [5.74, 6) is 0.124. The van der Waals surface area contributed by atoms with E-state index in [1.165, 1.54) is 7.11 Å². The molecule has 0 amide bonds. The molecule has 0 spiro atoms. The second kappa shape index (κ2) is 12.1. The second-order valence-corrected chi connectivity index (χ2v) is 11.0. The number of benzene rings is 3. The predicted molar refractivity (Wildman–Crippen MR) is 156 cm³/mol. The molecule has 2 bridgehead atoms. The zero-order valence-electron chi connectivity index (χ0n) is 23.5. The van der Waals surface area contributed by atoms with Crippen LogP contribution in [-0.4, -0.2) is 65.6 Å². The number of aliphatic imine (C=N–C) groups is 1. The van der Waals surface area contributed by atoms with E-state index in [-0.39, 0.29) is 12.1 Å². The summed E-state index contributed by atoms with van der Waals surface area (Å²) in [7, 11) is 1.34. The molecule has 4 aromatic rings. The molecule has 4 heterocycles. The summed E-state index contributed by atoms with van der Waals surface area (Å²) in [5, 5.41) is 4.27. The topological polar surface area (TPSA) is 104 Å². The Morgan fingerprint density at radius 1 is 1.00 bits per heavy atom. The van der Waals surface area contributed by atoms with E-state index in [1.807, 2.05) is 60.7 Å². The first-order valence-electron chi connectivity index (χ1n) is 14.2. The fourth-order valence-corrected chi connectivity index (χ4v) is 6.02. The van der Waals surface area contributed by atoms with Crippen molar-refractivity contribution < 1.29 is 28.1 Å². The third kappa shape index (κ3) is 6.01. The predicted octanol–water partition coefficient (Wildman–Crippen LogP) is 5.36. The Morgan fingerprint density at radius 2 is 1.69 bits per heavy atom. The van der Waals surface area contributed by atoms with Crippen LogP contribution >= 0.6 is 0 Å². The van der Waals surface area contributed by atoms with Crippen LogP contribution in [0.3, 0.4) is 0 Å². The number of hydrogen-bond donors (Lipinski definition) is 0. The number of methoxy groups -OCH3 is 1. The highest BCUT2D eigenvalue weighted by Gasteiger charge is 2.48. The van der Waals surface area contributed by atoms with Crippen molar-refractivity contribution >= 4 is 23.8 Å². The highest BCUT2D eigenvalue weighted by atomic mass is 16.5. The number of esters is 2. The Kier molecular flexibility index (Phi) is 7.92. The van der Waals surface area contributed by atoms with Gasteiger partial charge in [0.2, 0.25) is 5.82 Å². The first kappa shape index (κ1) is 27.5. The van der Waals surface area contributed by atoms with E-state index in [0.29, 0.717) is 35.4 Å². The number of quaternary nitrogens is 1. The quantitative estimate of drug-likeness (QED) is 0.153. The molecule has 2 atom stereocenters. The zero-order valence-corrected chi connectivity index (χ0v) is 23.5. The van der Waals surface area contributed by atoms with Gasteiger partial charge in [0.1, 0.15) is 19.0 Å². The van der Waals surface area contributed by atoms with E-state index in [1.54, 1.807) is 30.5 Å². The monoisotopic (exact) mass is 565 g/mol. The maximum absolute atomic E-state index is 13.7. The van der Waals surface area contributed by atoms with Crippen LogP contribution in [0.2, 0.25) is 0 Å². The minimum atomic E-state index is -0.666. The van der Waals surface area contributed by atoms with Crippen molar-refractivity contribution in [2.75, 3.05) is 26.7 Å². The standard InChI is InChI=1S/C33H33N4O5/c1-40-32(38)26-12-14-27(15-13-26)34-20-28(23-8-4-2-5-9-23)33(39)41-29-21-37(18-16-24(29)17-19-37)22-30-35-31(42-36-30)25-10-6-3-7-11-25/h2-15,20,24,28-29H,16-19,21-22H2,1H3/q+1/t24?,28?,29-,37?/m0/s1. The lowest BCUT2D eigenvalue weighted by Gasteiger charge is -2.51. The minimum Gasteiger partial charge on any atom is -0.465 e. The first-order chi connectivity index (χ1) is 20.5. The van der Waals surface area contributed by atoms with E-state index in [9.17, 15) is 9.59 Å². The number of carbonyl (C=O) groups is 2. The molecule has 3 aliphatic heterocycles. The van der Waals surface area contributed by atoms with Crippen molar-refractivity contribution in [3.8, 4) is 11.5 Å². The molecule has 42 heavy (non-hydrogen) atoms. The molecular weight excluding hydrogens is 532 g/mol. The average molecular weight is 566 g/mol. The summed E-state index contributed by atoms with van der Waals surface area (Å²) in [6, 6.07) is 26.0. The third-order valence-corrected chi connectivity index (χ3v) is 8.35. The second-order valence-electron chi connectivity index (χ2n) is 11.0. The lowest BCUT2D eigenvalue weighted by Crippen LogP contribution is -2.64. The van der Waals surface area contributed by atoms with Gasteiger partial charge in [-0.3, -0.25) is 9.79 Å². The Bertz CT molecular complexity index is 1540. The summed E-state index contributed by atoms with van der Waals surface area (Å²) in [5.41, 5.74) is 2.77. The van der Waals surface area contributed by atoms with Crippen molar-refractivity contribution in [3.63, 3.8) is 0 Å². The van der Waals surface area contributed by atoms with Crippen molar-refractivity contribution in [2.45, 2.75) is 31.4 Å². The number of ether oxygens (including phenoxy) is 2. The van der Waals surface area contributed by atoms with Crippen LogP contribution in [0, 0.1) is 5.92 Å². The van der Waals surface area contributed by atoms with E-state index in [0.717, 1.165) is 48.1 Å². The average Bonchev–Trinajstić information content (AvgIpc) is 3.50. The van der Waals surface area contributed by atoms with E-state index in [4.69, 9.17) is 14.0 Å². The summed E-state index contributed by atoms with van der Waals surface area (Å²) in [4.78, 5) is 34.7. The summed E-state index contributed by atoms with van der Waals surface area (Å²) in [6.45, 7) is 3.36. The molecule has 0 radical (unpaired) electrons. The highest BCUT2D eigenvalue weighted by molar-refractivity contribution is 5.97. The van der Waals surface area contributed by atoms with Crippen molar-refractivity contribution in [3.05, 3.63) is 102 Å². The van der Waals surface area contributed by atoms with Gasteiger partial charge in [0.15, 0.2) is 6.10 Å². The van der Waals surface area contributed by atoms with Crippen molar-refractivity contribution in [1.82, 2.24) is 10.1 Å². The van der Waals surface area contributed by atoms with Crippen LogP contribution in [0.15, 0.2) is 94.4 Å². The lowest BCUT2D eigenvalue weighted by atomic mass is 9.83. The van der Waals surface area contributed by atoms with Gasteiger partial charge in [-0.05, 0) is 42.0 Å². The molecule has 0 aliphatic carbocycles. The smallest absolute Gasteiger partial charge is 0.337 e. The fraction of sp³-hybridized carbons (Fsp3) is 0.303. The van der Waals surface area contributed by atoms with Gasteiger partial charge in [-0.1, -0.05) is 53.7 Å². The molecule has 1 unspecified atom stereocenters. The molecule has 9 nitrogen and oxygen atoms in total. The first-order valence-corrected chi connectivity index (χ1v) is 14.2. The molecule has 7 rings (SSSR count). The van der Waals surface area contributed by atoms with Gasteiger partial charge in [-0.25, -0.2) is 4.79 Å². The Morgan fingerprint density at radius 3 is 2.38 bits per heavy atom. The molecule has 1 aromatic heterocycles. The molecule has 3 aromatic carbocycles. The third-order valence-electron chi connectivity index (χ3n) is 8.35. The summed E-state index contributed by atoms with van der Waals surface area (Å²) >= 11 is 0. The van der Waals surface area contributed by atoms with Gasteiger partial charge in [0, 0.05) is 30.5 Å². The number of piperidine rings is 3. The van der Waals surface area contributed by atoms with Crippen LogP contribution in [0.5, 0.6) is 0 Å². The molecule has 0 saturated carbocycles. The highest BCUT2D eigenvalue weighted by Crippen LogP contribution is 2.37. The van der Waals surface area contributed by atoms with Crippen molar-refractivity contribution in [1.29, 1.82) is 0 Å². The van der Waals surface area contributed by atoms with Crippen LogP contribution in [0.1, 0.15) is 40.5 Å². The van der Waals surface area contributed by atoms with Gasteiger partial charge in [0.25, 0.3) is 5.89 Å². The summed E-state index contributed by atoms with van der Waals surface area (Å²) in [6.07, 6.45) is 3.40. The Labute approximate surface area is 244 Å². The number of hydrogen-bond acceptors (Lipinski definition) is 8. The normalized spacial score (nSPS) is 22.1. The maximum atomic E-state index is 13.7. The van der Waals surface area contributed by atoms with Crippen LogP contribution in [0.25, 0.3) is 11.5 Å². The molecule has 0 N–H and O–H groups in total. The van der Waals surface area contributed by atoms with Gasteiger partial charge in [-0.2, -0.15) is 4.98 Å². The van der Waals surface area contributed by atoms with E-state index < -0.39 is 11.9 Å². The maximum Gasteiger partial charge on any atom is 0.337 e. The van der Waals surface area contributed by atoms with E-state index >= 15 is 0 Å². The number of aromatic nitrogens is 2. The SMILES string of the molecule is COC(=O)c1ccc(N=CC(C(=O)O[C@H]2C[N+]3(Cc4noc(-c5ccccc5)n4)CCC2CC3)c2ccccc2)cc1. The Hall–Kier alpha value is -4.63. The Balaban J connectivity index is 1.16. The molecule has 3 aliphatic rings. The van der Waals surface area contributed by atoms with Gasteiger partial charge >= 0.3 is 11.9 Å². The molecule has 214 valence electrons. The van der Waals surface area contributed by atoms with Gasteiger partial charge < -0.3 is 18.5 Å². The lowest BCUT2D eigenvalue weighted by molar-refractivity contribution is -0.958. The minimum absolute atomic E-state index is 0.195. The van der Waals surface area contributed by atoms with Crippen molar-refractivity contribution in [2.24, 2.45) is 10.9 Å². The number of rotatable bonds is 9. The number of nitrogens with zero attached hydrogens (tertiary/aromatic N) is 4. The molecule has 9 heteroatoms. The molecule has 3 saturated heterocycles. The van der Waals surface area contributed by atoms with E-state index in [2.05, 4.69) is 15.1 Å². The summed E-state index contributed by atoms with van der Waals surface area (Å²) < 4.78 is 17.4. The number of fused-ring (bicyclic) bond motifs is 3. The zero-order chi connectivity index (χ0) is 28.9. The van der Waals surface area contributed by atoms with Gasteiger partial charge in [-0.15, -0.1) is 0 Å². The van der Waals surface area contributed by atoms with Gasteiger partial charge in [0.05, 0.1) is 31.5 Å². The molecule has 3 fully saturated rings. The van der Waals surface area contributed by atoms with Crippen LogP contribution in [0.4, 0.5) is 5.69 Å². The molecular formula is C33H33N4O5+. The number of carbonyl (C=O) groups excluding carboxylic acids is 2. The largest absolute Gasteiger partial charge is 0.465 e. The van der Waals surface area contributed by atoms with Crippen LogP contribution < -0.4 is 0 Å².